The number of hydrogen-bond acceptors (Lipinski definition) is 5. The molecule has 0 saturated carbocycles. The summed E-state index contributed by atoms with van der Waals surface area (Å²) in [5, 5.41) is 6.44. The van der Waals surface area contributed by atoms with Crippen LogP contribution in [-0.4, -0.2) is 58.6 Å². The van der Waals surface area contributed by atoms with Gasteiger partial charge in [0, 0.05) is 33.4 Å². The zero-order valence-corrected chi connectivity index (χ0v) is 13.6. The fourth-order valence-corrected chi connectivity index (χ4v) is 1.69. The van der Waals surface area contributed by atoms with Gasteiger partial charge in [-0.15, -0.1) is 0 Å². The van der Waals surface area contributed by atoms with Crippen LogP contribution in [0.2, 0.25) is 0 Å². The van der Waals surface area contributed by atoms with Crippen molar-refractivity contribution in [2.75, 3.05) is 47.6 Å². The molecule has 1 aromatic rings. The lowest BCUT2D eigenvalue weighted by molar-refractivity contribution is 0.0698. The number of ether oxygens (including phenoxy) is 3. The van der Waals surface area contributed by atoms with E-state index in [1.807, 2.05) is 18.2 Å². The summed E-state index contributed by atoms with van der Waals surface area (Å²) in [7, 11) is 5.01. The SMILES string of the molecule is CN=C(NCCCOCCOC)NCc1cccc(OC)n1. The molecule has 0 aliphatic rings. The van der Waals surface area contributed by atoms with Gasteiger partial charge in [0.15, 0.2) is 5.96 Å². The summed E-state index contributed by atoms with van der Waals surface area (Å²) >= 11 is 0. The van der Waals surface area contributed by atoms with Crippen molar-refractivity contribution in [3.63, 3.8) is 0 Å². The number of methoxy groups -OCH3 is 2. The summed E-state index contributed by atoms with van der Waals surface area (Å²) in [5.41, 5.74) is 0.894. The van der Waals surface area contributed by atoms with Crippen LogP contribution in [-0.2, 0) is 16.0 Å². The second-order valence-corrected chi connectivity index (χ2v) is 4.48. The highest BCUT2D eigenvalue weighted by molar-refractivity contribution is 5.79. The monoisotopic (exact) mass is 310 g/mol. The van der Waals surface area contributed by atoms with Gasteiger partial charge in [0.1, 0.15) is 0 Å². The molecule has 1 rings (SSSR count). The first-order chi connectivity index (χ1) is 10.8. The highest BCUT2D eigenvalue weighted by Gasteiger charge is 2.00. The molecule has 0 radical (unpaired) electrons. The third-order valence-electron chi connectivity index (χ3n) is 2.84. The molecule has 2 N–H and O–H groups in total. The van der Waals surface area contributed by atoms with Gasteiger partial charge in [0.2, 0.25) is 5.88 Å². The quantitative estimate of drug-likeness (QED) is 0.378. The van der Waals surface area contributed by atoms with E-state index in [4.69, 9.17) is 14.2 Å². The zero-order valence-electron chi connectivity index (χ0n) is 13.6. The topological polar surface area (TPSA) is 77.0 Å². The van der Waals surface area contributed by atoms with Gasteiger partial charge in [0.25, 0.3) is 0 Å². The average molecular weight is 310 g/mol. The van der Waals surface area contributed by atoms with Gasteiger partial charge in [-0.05, 0) is 12.5 Å². The van der Waals surface area contributed by atoms with Crippen LogP contribution < -0.4 is 15.4 Å². The molecule has 0 fully saturated rings. The van der Waals surface area contributed by atoms with Gasteiger partial charge < -0.3 is 24.8 Å². The van der Waals surface area contributed by atoms with Crippen LogP contribution in [0, 0.1) is 0 Å². The largest absolute Gasteiger partial charge is 0.481 e. The third-order valence-corrected chi connectivity index (χ3v) is 2.84. The molecule has 0 spiro atoms. The summed E-state index contributed by atoms with van der Waals surface area (Å²) < 4.78 is 15.4. The van der Waals surface area contributed by atoms with E-state index in [1.165, 1.54) is 0 Å². The predicted molar refractivity (Wildman–Crippen MR) is 86.3 cm³/mol. The first kappa shape index (κ1) is 18.2. The van der Waals surface area contributed by atoms with E-state index < -0.39 is 0 Å². The normalized spacial score (nSPS) is 11.3. The fraction of sp³-hybridized carbons (Fsp3) is 0.600. The summed E-state index contributed by atoms with van der Waals surface area (Å²) in [6, 6.07) is 5.67. The Hall–Kier alpha value is -1.86. The Morgan fingerprint density at radius 3 is 2.77 bits per heavy atom. The van der Waals surface area contributed by atoms with Crippen LogP contribution in [0.3, 0.4) is 0 Å². The lowest BCUT2D eigenvalue weighted by atomic mass is 10.3. The van der Waals surface area contributed by atoms with E-state index in [1.54, 1.807) is 21.3 Å². The predicted octanol–water partition coefficient (Wildman–Crippen LogP) is 0.808. The number of rotatable bonds is 10. The molecule has 0 atom stereocenters. The molecule has 1 aromatic heterocycles. The number of nitrogens with zero attached hydrogens (tertiary/aromatic N) is 2. The molecule has 22 heavy (non-hydrogen) atoms. The molecule has 0 saturated heterocycles. The third kappa shape index (κ3) is 7.80. The van der Waals surface area contributed by atoms with Crippen LogP contribution in [0.4, 0.5) is 0 Å². The summed E-state index contributed by atoms with van der Waals surface area (Å²) in [6.07, 6.45) is 0.905. The number of nitrogens with one attached hydrogen (secondary N) is 2. The van der Waals surface area contributed by atoms with Crippen molar-refractivity contribution in [1.82, 2.24) is 15.6 Å². The van der Waals surface area contributed by atoms with Crippen LogP contribution in [0.15, 0.2) is 23.2 Å². The van der Waals surface area contributed by atoms with Gasteiger partial charge in [-0.3, -0.25) is 4.99 Å². The van der Waals surface area contributed by atoms with Gasteiger partial charge in [-0.1, -0.05) is 6.07 Å². The van der Waals surface area contributed by atoms with Crippen LogP contribution in [0.25, 0.3) is 0 Å². The Morgan fingerprint density at radius 1 is 1.18 bits per heavy atom. The summed E-state index contributed by atoms with van der Waals surface area (Å²) in [5.74, 6) is 1.34. The van der Waals surface area contributed by atoms with Crippen molar-refractivity contribution in [1.29, 1.82) is 0 Å². The fourth-order valence-electron chi connectivity index (χ4n) is 1.69. The minimum absolute atomic E-state index is 0.585. The van der Waals surface area contributed by atoms with E-state index >= 15 is 0 Å². The van der Waals surface area contributed by atoms with Gasteiger partial charge in [-0.2, -0.15) is 0 Å². The van der Waals surface area contributed by atoms with Crippen molar-refractivity contribution in [2.24, 2.45) is 4.99 Å². The summed E-state index contributed by atoms with van der Waals surface area (Å²) in [6.45, 7) is 3.33. The van der Waals surface area contributed by atoms with E-state index in [0.29, 0.717) is 32.2 Å². The second kappa shape index (κ2) is 11.8. The molecule has 0 aromatic carbocycles. The molecular formula is C15H26N4O3. The van der Waals surface area contributed by atoms with Crippen LogP contribution in [0.1, 0.15) is 12.1 Å². The average Bonchev–Trinajstić information content (AvgIpc) is 2.57. The molecule has 124 valence electrons. The zero-order chi connectivity index (χ0) is 16.0. The van der Waals surface area contributed by atoms with E-state index in [9.17, 15) is 0 Å². The maximum absolute atomic E-state index is 5.40. The number of hydrogen-bond donors (Lipinski definition) is 2. The Bertz CT molecular complexity index is 441. The Kier molecular flexibility index (Phi) is 9.73. The number of aliphatic imine (C=N–C) groups is 1. The van der Waals surface area contributed by atoms with Crippen molar-refractivity contribution in [3.05, 3.63) is 23.9 Å². The highest BCUT2D eigenvalue weighted by atomic mass is 16.5. The molecule has 0 aliphatic heterocycles. The van der Waals surface area contributed by atoms with E-state index in [0.717, 1.165) is 24.6 Å². The van der Waals surface area contributed by atoms with E-state index in [-0.39, 0.29) is 0 Å². The van der Waals surface area contributed by atoms with Crippen LogP contribution in [0.5, 0.6) is 5.88 Å². The smallest absolute Gasteiger partial charge is 0.213 e. The summed E-state index contributed by atoms with van der Waals surface area (Å²) in [4.78, 5) is 8.50. The maximum Gasteiger partial charge on any atom is 0.213 e. The Morgan fingerprint density at radius 2 is 2.05 bits per heavy atom. The van der Waals surface area contributed by atoms with Crippen molar-refractivity contribution in [3.8, 4) is 5.88 Å². The Labute approximate surface area is 132 Å². The molecule has 0 aliphatic carbocycles. The number of guanidine groups is 1. The van der Waals surface area contributed by atoms with Crippen molar-refractivity contribution >= 4 is 5.96 Å². The highest BCUT2D eigenvalue weighted by Crippen LogP contribution is 2.05. The van der Waals surface area contributed by atoms with E-state index in [2.05, 4.69) is 20.6 Å². The maximum atomic E-state index is 5.40. The van der Waals surface area contributed by atoms with Gasteiger partial charge in [-0.25, -0.2) is 4.98 Å². The molecule has 7 heteroatoms. The minimum Gasteiger partial charge on any atom is -0.481 e. The minimum atomic E-state index is 0.585. The van der Waals surface area contributed by atoms with Gasteiger partial charge in [0.05, 0.1) is 32.6 Å². The molecule has 0 amide bonds. The molecule has 0 bridgehead atoms. The molecule has 0 unspecified atom stereocenters. The van der Waals surface area contributed by atoms with Crippen molar-refractivity contribution in [2.45, 2.75) is 13.0 Å². The van der Waals surface area contributed by atoms with Crippen molar-refractivity contribution < 1.29 is 14.2 Å². The first-order valence-corrected chi connectivity index (χ1v) is 7.31. The Balaban J connectivity index is 2.19. The number of aromatic nitrogens is 1. The lowest BCUT2D eigenvalue weighted by Crippen LogP contribution is -2.37. The first-order valence-electron chi connectivity index (χ1n) is 7.31. The van der Waals surface area contributed by atoms with Gasteiger partial charge >= 0.3 is 0 Å². The molecule has 1 heterocycles. The van der Waals surface area contributed by atoms with Crippen LogP contribution >= 0.6 is 0 Å². The number of pyridine rings is 1. The standard InChI is InChI=1S/C15H26N4O3/c1-16-15(17-8-5-9-22-11-10-20-2)18-12-13-6-4-7-14(19-13)21-3/h4,6-7H,5,8-12H2,1-3H3,(H2,16,17,18). The molecule has 7 nitrogen and oxygen atoms in total. The molecular weight excluding hydrogens is 284 g/mol. The second-order valence-electron chi connectivity index (χ2n) is 4.48. The lowest BCUT2D eigenvalue weighted by Gasteiger charge is -2.12.